The molecule has 0 aromatic heterocycles. The topological polar surface area (TPSA) is 20.2 Å². The van der Waals surface area contributed by atoms with Crippen molar-refractivity contribution in [2.24, 2.45) is 5.92 Å². The van der Waals surface area contributed by atoms with Crippen molar-refractivity contribution in [3.63, 3.8) is 0 Å². The predicted octanol–water partition coefficient (Wildman–Crippen LogP) is 3.95. The van der Waals surface area contributed by atoms with E-state index in [-0.39, 0.29) is 6.10 Å². The lowest BCUT2D eigenvalue weighted by molar-refractivity contribution is 0.0640. The van der Waals surface area contributed by atoms with Gasteiger partial charge in [0.1, 0.15) is 0 Å². The van der Waals surface area contributed by atoms with E-state index in [1.807, 2.05) is 0 Å². The quantitative estimate of drug-likeness (QED) is 0.762. The molecule has 1 aliphatic carbocycles. The first-order chi connectivity index (χ1) is 8.36. The second-order valence-electron chi connectivity index (χ2n) is 5.34. The van der Waals surface area contributed by atoms with Crippen LogP contribution in [0.1, 0.15) is 50.5 Å². The molecule has 1 N–H and O–H groups in total. The fourth-order valence-electron chi connectivity index (χ4n) is 2.91. The molecule has 0 bridgehead atoms. The lowest BCUT2D eigenvalue weighted by atomic mass is 9.83. The van der Waals surface area contributed by atoms with Crippen molar-refractivity contribution in [1.82, 2.24) is 0 Å². The van der Waals surface area contributed by atoms with Crippen molar-refractivity contribution in [1.29, 1.82) is 0 Å². The van der Waals surface area contributed by atoms with E-state index in [2.05, 4.69) is 30.3 Å². The van der Waals surface area contributed by atoms with Gasteiger partial charge in [0.05, 0.1) is 6.10 Å². The number of benzene rings is 1. The van der Waals surface area contributed by atoms with Gasteiger partial charge in [-0.3, -0.25) is 0 Å². The molecule has 1 aromatic rings. The summed E-state index contributed by atoms with van der Waals surface area (Å²) in [5.74, 6) is 0.583. The summed E-state index contributed by atoms with van der Waals surface area (Å²) in [6.45, 7) is 0. The molecule has 0 amide bonds. The molecule has 2 atom stereocenters. The van der Waals surface area contributed by atoms with Gasteiger partial charge in [0, 0.05) is 0 Å². The third-order valence-corrected chi connectivity index (χ3v) is 4.00. The van der Waals surface area contributed by atoms with Gasteiger partial charge in [-0.15, -0.1) is 0 Å². The molecule has 94 valence electrons. The Morgan fingerprint density at radius 3 is 2.53 bits per heavy atom. The number of hydrogen-bond donors (Lipinski definition) is 1. The number of aryl methyl sites for hydroxylation is 1. The summed E-state index contributed by atoms with van der Waals surface area (Å²) in [5, 5.41) is 9.89. The fraction of sp³-hybridized carbons (Fsp3) is 0.625. The van der Waals surface area contributed by atoms with E-state index in [9.17, 15) is 5.11 Å². The smallest absolute Gasteiger partial charge is 0.0568 e. The molecule has 1 nitrogen and oxygen atoms in total. The van der Waals surface area contributed by atoms with E-state index in [1.165, 1.54) is 50.5 Å². The molecule has 0 radical (unpaired) electrons. The zero-order valence-electron chi connectivity index (χ0n) is 10.6. The zero-order valence-corrected chi connectivity index (χ0v) is 10.6. The van der Waals surface area contributed by atoms with Gasteiger partial charge in [0.25, 0.3) is 0 Å². The van der Waals surface area contributed by atoms with Crippen LogP contribution in [0.4, 0.5) is 0 Å². The Morgan fingerprint density at radius 1 is 1.00 bits per heavy atom. The van der Waals surface area contributed by atoms with Crippen molar-refractivity contribution in [2.75, 3.05) is 0 Å². The molecule has 0 heterocycles. The standard InChI is InChI=1S/C16H24O/c17-16-13-7-6-12-15(16)11-5-4-10-14-8-2-1-3-9-14/h1-3,8-9,15-17H,4-7,10-13H2. The van der Waals surface area contributed by atoms with Crippen LogP contribution >= 0.6 is 0 Å². The van der Waals surface area contributed by atoms with Crippen LogP contribution < -0.4 is 0 Å². The van der Waals surface area contributed by atoms with Crippen LogP contribution in [0.15, 0.2) is 30.3 Å². The van der Waals surface area contributed by atoms with Gasteiger partial charge in [-0.1, -0.05) is 49.6 Å². The first-order valence-corrected chi connectivity index (χ1v) is 7.08. The van der Waals surface area contributed by atoms with Gasteiger partial charge in [-0.2, -0.15) is 0 Å². The fourth-order valence-corrected chi connectivity index (χ4v) is 2.91. The Bertz CT molecular complexity index is 307. The van der Waals surface area contributed by atoms with Gasteiger partial charge in [-0.05, 0) is 43.6 Å². The molecule has 2 rings (SSSR count). The molecule has 1 aliphatic rings. The molecule has 0 spiro atoms. The highest BCUT2D eigenvalue weighted by atomic mass is 16.3. The van der Waals surface area contributed by atoms with E-state index in [4.69, 9.17) is 0 Å². The van der Waals surface area contributed by atoms with Crippen LogP contribution in [0.3, 0.4) is 0 Å². The second-order valence-corrected chi connectivity index (χ2v) is 5.34. The third-order valence-electron chi connectivity index (χ3n) is 4.00. The van der Waals surface area contributed by atoms with Gasteiger partial charge in [0.2, 0.25) is 0 Å². The lowest BCUT2D eigenvalue weighted by Gasteiger charge is -2.27. The predicted molar refractivity (Wildman–Crippen MR) is 72.0 cm³/mol. The molecular weight excluding hydrogens is 208 g/mol. The molecule has 1 heteroatoms. The van der Waals surface area contributed by atoms with Gasteiger partial charge >= 0.3 is 0 Å². The molecular formula is C16H24O. The zero-order chi connectivity index (χ0) is 11.9. The maximum absolute atomic E-state index is 9.89. The van der Waals surface area contributed by atoms with E-state index < -0.39 is 0 Å². The van der Waals surface area contributed by atoms with Crippen molar-refractivity contribution < 1.29 is 5.11 Å². The number of unbranched alkanes of at least 4 members (excludes halogenated alkanes) is 1. The summed E-state index contributed by atoms with van der Waals surface area (Å²) >= 11 is 0. The number of aliphatic hydroxyl groups is 1. The summed E-state index contributed by atoms with van der Waals surface area (Å²) in [6.07, 6.45) is 9.72. The molecule has 1 fully saturated rings. The third kappa shape index (κ3) is 4.16. The summed E-state index contributed by atoms with van der Waals surface area (Å²) in [5.41, 5.74) is 1.44. The van der Waals surface area contributed by atoms with Crippen LogP contribution in [0.25, 0.3) is 0 Å². The van der Waals surface area contributed by atoms with Crippen molar-refractivity contribution in [3.05, 3.63) is 35.9 Å². The minimum atomic E-state index is -0.0134. The Kier molecular flexibility index (Phi) is 5.06. The van der Waals surface area contributed by atoms with Crippen LogP contribution in [0.2, 0.25) is 0 Å². The molecule has 1 saturated carbocycles. The highest BCUT2D eigenvalue weighted by molar-refractivity contribution is 5.14. The Balaban J connectivity index is 1.63. The highest BCUT2D eigenvalue weighted by Gasteiger charge is 2.21. The number of hydrogen-bond acceptors (Lipinski definition) is 1. The molecule has 0 saturated heterocycles. The first-order valence-electron chi connectivity index (χ1n) is 7.08. The Labute approximate surface area is 105 Å². The van der Waals surface area contributed by atoms with Gasteiger partial charge in [0.15, 0.2) is 0 Å². The average Bonchev–Trinajstić information content (AvgIpc) is 2.38. The maximum Gasteiger partial charge on any atom is 0.0568 e. The largest absolute Gasteiger partial charge is 0.393 e. The Hall–Kier alpha value is -0.820. The number of aliphatic hydroxyl groups excluding tert-OH is 1. The van der Waals surface area contributed by atoms with Crippen molar-refractivity contribution in [2.45, 2.75) is 57.5 Å². The van der Waals surface area contributed by atoms with Crippen molar-refractivity contribution in [3.8, 4) is 0 Å². The lowest BCUT2D eigenvalue weighted by Crippen LogP contribution is -2.24. The first kappa shape index (κ1) is 12.6. The summed E-state index contributed by atoms with van der Waals surface area (Å²) < 4.78 is 0. The molecule has 2 unspecified atom stereocenters. The summed E-state index contributed by atoms with van der Waals surface area (Å²) in [7, 11) is 0. The van der Waals surface area contributed by atoms with Gasteiger partial charge < -0.3 is 5.11 Å². The van der Waals surface area contributed by atoms with E-state index in [0.717, 1.165) is 6.42 Å². The van der Waals surface area contributed by atoms with E-state index in [1.54, 1.807) is 0 Å². The maximum atomic E-state index is 9.89. The van der Waals surface area contributed by atoms with E-state index in [0.29, 0.717) is 5.92 Å². The van der Waals surface area contributed by atoms with Gasteiger partial charge in [-0.25, -0.2) is 0 Å². The monoisotopic (exact) mass is 232 g/mol. The van der Waals surface area contributed by atoms with Crippen LogP contribution in [-0.4, -0.2) is 11.2 Å². The minimum Gasteiger partial charge on any atom is -0.393 e. The van der Waals surface area contributed by atoms with Crippen LogP contribution in [0.5, 0.6) is 0 Å². The summed E-state index contributed by atoms with van der Waals surface area (Å²) in [4.78, 5) is 0. The highest BCUT2D eigenvalue weighted by Crippen LogP contribution is 2.28. The molecule has 0 aliphatic heterocycles. The second kappa shape index (κ2) is 6.80. The van der Waals surface area contributed by atoms with Crippen LogP contribution in [-0.2, 0) is 6.42 Å². The van der Waals surface area contributed by atoms with Crippen molar-refractivity contribution >= 4 is 0 Å². The normalized spacial score (nSPS) is 24.8. The van der Waals surface area contributed by atoms with E-state index >= 15 is 0 Å². The van der Waals surface area contributed by atoms with Crippen LogP contribution in [0, 0.1) is 5.92 Å². The molecule has 1 aromatic carbocycles. The summed E-state index contributed by atoms with van der Waals surface area (Å²) in [6, 6.07) is 10.7. The number of rotatable bonds is 5. The SMILES string of the molecule is OC1CCCCC1CCCCc1ccccc1. The minimum absolute atomic E-state index is 0.0134. The average molecular weight is 232 g/mol. The molecule has 17 heavy (non-hydrogen) atoms. The Morgan fingerprint density at radius 2 is 1.76 bits per heavy atom.